The predicted molar refractivity (Wildman–Crippen MR) is 135 cm³/mol. The van der Waals surface area contributed by atoms with Crippen LogP contribution in [-0.4, -0.2) is 26.9 Å². The third kappa shape index (κ3) is 6.53. The molecule has 4 rings (SSSR count). The van der Waals surface area contributed by atoms with Crippen molar-refractivity contribution >= 4 is 17.7 Å². The predicted octanol–water partition coefficient (Wildman–Crippen LogP) is 6.31. The van der Waals surface area contributed by atoms with Crippen molar-refractivity contribution < 1.29 is 27.9 Å². The lowest BCUT2D eigenvalue weighted by atomic mass is 9.99. The Hall–Kier alpha value is -5.29. The van der Waals surface area contributed by atoms with Crippen LogP contribution in [0.3, 0.4) is 0 Å². The SMILES string of the molecule is [N-]=[N+]=NC(c1ccccc1)c1cccc(NC(=O)c2cc(C(F)(F)F)nn2-c2cccc(CNC(=O)O)c2)c1. The molecule has 4 aromatic rings. The van der Waals surface area contributed by atoms with Gasteiger partial charge in [0.25, 0.3) is 5.91 Å². The molecule has 2 amide bonds. The minimum absolute atomic E-state index is 0.0986. The Morgan fingerprint density at radius 3 is 2.41 bits per heavy atom. The normalized spacial score (nSPS) is 11.8. The zero-order valence-corrected chi connectivity index (χ0v) is 20.0. The van der Waals surface area contributed by atoms with Gasteiger partial charge in [-0.3, -0.25) is 4.79 Å². The Labute approximate surface area is 219 Å². The molecule has 0 aliphatic carbocycles. The molecule has 3 aromatic carbocycles. The van der Waals surface area contributed by atoms with Gasteiger partial charge < -0.3 is 15.7 Å². The molecule has 0 spiro atoms. The third-order valence-electron chi connectivity index (χ3n) is 5.57. The van der Waals surface area contributed by atoms with Gasteiger partial charge in [-0.15, -0.1) is 0 Å². The number of benzene rings is 3. The van der Waals surface area contributed by atoms with Crippen LogP contribution < -0.4 is 10.6 Å². The first-order valence-corrected chi connectivity index (χ1v) is 11.4. The molecule has 0 radical (unpaired) electrons. The molecule has 3 N–H and O–H groups in total. The van der Waals surface area contributed by atoms with Crippen LogP contribution in [0.2, 0.25) is 0 Å². The van der Waals surface area contributed by atoms with Gasteiger partial charge in [-0.05, 0) is 46.5 Å². The van der Waals surface area contributed by atoms with Gasteiger partial charge in [-0.25, -0.2) is 9.48 Å². The maximum atomic E-state index is 13.5. The fraction of sp³-hybridized carbons (Fsp3) is 0.115. The molecule has 13 heteroatoms. The summed E-state index contributed by atoms with van der Waals surface area (Å²) in [7, 11) is 0. The number of carbonyl (C=O) groups excluding carboxylic acids is 1. The fourth-order valence-electron chi connectivity index (χ4n) is 3.85. The molecule has 0 bridgehead atoms. The van der Waals surface area contributed by atoms with Crippen molar-refractivity contribution in [2.24, 2.45) is 5.11 Å². The number of carbonyl (C=O) groups is 2. The quantitative estimate of drug-likeness (QED) is 0.138. The van der Waals surface area contributed by atoms with Gasteiger partial charge in [0.05, 0.1) is 11.7 Å². The van der Waals surface area contributed by atoms with Crippen molar-refractivity contribution in [3.8, 4) is 5.69 Å². The molecule has 0 saturated carbocycles. The molecule has 1 atom stereocenters. The average molecular weight is 535 g/mol. The summed E-state index contributed by atoms with van der Waals surface area (Å²) in [6.45, 7) is -0.0986. The number of carboxylic acid groups (broad SMARTS) is 1. The Balaban J connectivity index is 1.67. The third-order valence-corrected chi connectivity index (χ3v) is 5.57. The zero-order valence-electron chi connectivity index (χ0n) is 20.0. The molecule has 0 saturated heterocycles. The number of rotatable bonds is 8. The lowest BCUT2D eigenvalue weighted by Crippen LogP contribution is -2.20. The number of nitrogens with zero attached hydrogens (tertiary/aromatic N) is 5. The van der Waals surface area contributed by atoms with Gasteiger partial charge in [-0.2, -0.15) is 18.3 Å². The first-order valence-electron chi connectivity index (χ1n) is 11.4. The van der Waals surface area contributed by atoms with Crippen LogP contribution in [0.15, 0.2) is 90.0 Å². The lowest BCUT2D eigenvalue weighted by Gasteiger charge is -2.14. The summed E-state index contributed by atoms with van der Waals surface area (Å²) in [6, 6.07) is 21.2. The molecular formula is C26H20F3N7O3. The highest BCUT2D eigenvalue weighted by Gasteiger charge is 2.36. The van der Waals surface area contributed by atoms with Crippen LogP contribution in [0, 0.1) is 0 Å². The van der Waals surface area contributed by atoms with Crippen LogP contribution >= 0.6 is 0 Å². The molecule has 1 unspecified atom stereocenters. The highest BCUT2D eigenvalue weighted by molar-refractivity contribution is 6.03. The Morgan fingerprint density at radius 2 is 1.72 bits per heavy atom. The van der Waals surface area contributed by atoms with E-state index in [1.165, 1.54) is 18.2 Å². The molecule has 198 valence electrons. The van der Waals surface area contributed by atoms with E-state index in [4.69, 9.17) is 10.6 Å². The van der Waals surface area contributed by atoms with Crippen molar-refractivity contribution in [1.82, 2.24) is 15.1 Å². The molecular weight excluding hydrogens is 515 g/mol. The van der Waals surface area contributed by atoms with Crippen molar-refractivity contribution in [2.45, 2.75) is 18.8 Å². The summed E-state index contributed by atoms with van der Waals surface area (Å²) in [4.78, 5) is 26.9. The van der Waals surface area contributed by atoms with E-state index in [1.54, 1.807) is 54.6 Å². The molecule has 1 aromatic heterocycles. The van der Waals surface area contributed by atoms with E-state index >= 15 is 0 Å². The van der Waals surface area contributed by atoms with Gasteiger partial charge >= 0.3 is 12.3 Å². The second kappa shape index (κ2) is 11.4. The number of aromatic nitrogens is 2. The molecule has 0 aliphatic rings. The minimum Gasteiger partial charge on any atom is -0.465 e. The van der Waals surface area contributed by atoms with Gasteiger partial charge in [0, 0.05) is 23.2 Å². The van der Waals surface area contributed by atoms with Crippen LogP contribution in [0.5, 0.6) is 0 Å². The van der Waals surface area contributed by atoms with E-state index < -0.39 is 35.6 Å². The van der Waals surface area contributed by atoms with Crippen molar-refractivity contribution in [3.63, 3.8) is 0 Å². The summed E-state index contributed by atoms with van der Waals surface area (Å²) < 4.78 is 41.4. The summed E-state index contributed by atoms with van der Waals surface area (Å²) >= 11 is 0. The topological polar surface area (TPSA) is 145 Å². The molecule has 10 nitrogen and oxygen atoms in total. The Kier molecular flexibility index (Phi) is 7.82. The highest BCUT2D eigenvalue weighted by atomic mass is 19.4. The van der Waals surface area contributed by atoms with Gasteiger partial charge in [0.15, 0.2) is 5.69 Å². The Morgan fingerprint density at radius 1 is 1.00 bits per heavy atom. The maximum Gasteiger partial charge on any atom is 0.435 e. The number of alkyl halides is 3. The van der Waals surface area contributed by atoms with Gasteiger partial charge in [0.2, 0.25) is 0 Å². The zero-order chi connectivity index (χ0) is 28.0. The first-order chi connectivity index (χ1) is 18.7. The Bertz CT molecular complexity index is 1550. The van der Waals surface area contributed by atoms with Crippen LogP contribution in [-0.2, 0) is 12.7 Å². The number of amides is 2. The van der Waals surface area contributed by atoms with Gasteiger partial charge in [-0.1, -0.05) is 59.7 Å². The van der Waals surface area contributed by atoms with Crippen LogP contribution in [0.25, 0.3) is 16.1 Å². The van der Waals surface area contributed by atoms with Crippen molar-refractivity contribution in [3.05, 3.63) is 123 Å². The van der Waals surface area contributed by atoms with E-state index in [0.717, 1.165) is 4.68 Å². The maximum absolute atomic E-state index is 13.5. The van der Waals surface area contributed by atoms with Crippen molar-refractivity contribution in [2.75, 3.05) is 5.32 Å². The van der Waals surface area contributed by atoms with Crippen molar-refractivity contribution in [1.29, 1.82) is 0 Å². The monoisotopic (exact) mass is 535 g/mol. The first kappa shape index (κ1) is 26.8. The summed E-state index contributed by atoms with van der Waals surface area (Å²) in [5, 5.41) is 21.0. The number of nitrogens with one attached hydrogen (secondary N) is 2. The standard InChI is InChI=1S/C26H20F3N7O3/c27-26(28,29)22-14-21(36(34-22)20-11-4-6-16(12-20)15-31-25(38)39)24(37)32-19-10-5-9-18(13-19)23(33-35-30)17-7-2-1-3-8-17/h1-14,23,31H,15H2,(H,32,37)(H,38,39). The number of hydrogen-bond donors (Lipinski definition) is 3. The van der Waals surface area contributed by atoms with E-state index in [0.29, 0.717) is 22.8 Å². The van der Waals surface area contributed by atoms with E-state index in [-0.39, 0.29) is 17.9 Å². The molecule has 0 fully saturated rings. The van der Waals surface area contributed by atoms with Gasteiger partial charge in [0.1, 0.15) is 5.69 Å². The van der Waals surface area contributed by atoms with Crippen LogP contribution in [0.4, 0.5) is 23.7 Å². The largest absolute Gasteiger partial charge is 0.465 e. The minimum atomic E-state index is -4.82. The lowest BCUT2D eigenvalue weighted by molar-refractivity contribution is -0.141. The van der Waals surface area contributed by atoms with E-state index in [1.807, 2.05) is 6.07 Å². The second-order valence-corrected chi connectivity index (χ2v) is 8.25. The van der Waals surface area contributed by atoms with E-state index in [9.17, 15) is 22.8 Å². The summed E-state index contributed by atoms with van der Waals surface area (Å²) in [6.07, 6.45) is -6.09. The second-order valence-electron chi connectivity index (χ2n) is 8.25. The summed E-state index contributed by atoms with van der Waals surface area (Å²) in [5.74, 6) is -0.871. The number of hydrogen-bond acceptors (Lipinski definition) is 4. The molecule has 1 heterocycles. The number of azide groups is 1. The average Bonchev–Trinajstić information content (AvgIpc) is 3.38. The fourth-order valence-corrected chi connectivity index (χ4v) is 3.85. The highest BCUT2D eigenvalue weighted by Crippen LogP contribution is 2.31. The smallest absolute Gasteiger partial charge is 0.435 e. The number of halogens is 3. The molecule has 0 aliphatic heterocycles. The van der Waals surface area contributed by atoms with E-state index in [2.05, 4.69) is 25.8 Å². The number of anilines is 1. The molecule has 39 heavy (non-hydrogen) atoms. The summed E-state index contributed by atoms with van der Waals surface area (Å²) in [5.41, 5.74) is 9.49. The van der Waals surface area contributed by atoms with Crippen LogP contribution in [0.1, 0.15) is 38.9 Å².